The van der Waals surface area contributed by atoms with Crippen molar-refractivity contribution in [3.8, 4) is 5.75 Å². The van der Waals surface area contributed by atoms with Gasteiger partial charge in [-0.1, -0.05) is 18.2 Å². The summed E-state index contributed by atoms with van der Waals surface area (Å²) in [6.07, 6.45) is 2.56. The maximum atomic E-state index is 11.5. The van der Waals surface area contributed by atoms with Gasteiger partial charge in [-0.2, -0.15) is 0 Å². The first-order valence-corrected chi connectivity index (χ1v) is 7.01. The van der Waals surface area contributed by atoms with Crippen LogP contribution in [0.2, 0.25) is 0 Å². The Morgan fingerprint density at radius 3 is 2.74 bits per heavy atom. The molecule has 0 aliphatic carbocycles. The molecule has 19 heavy (non-hydrogen) atoms. The van der Waals surface area contributed by atoms with Crippen LogP contribution in [0.4, 0.5) is 0 Å². The summed E-state index contributed by atoms with van der Waals surface area (Å²) in [5, 5.41) is 3.39. The van der Waals surface area contributed by atoms with Crippen LogP contribution in [0, 0.1) is 5.92 Å². The lowest BCUT2D eigenvalue weighted by Crippen LogP contribution is -2.41. The van der Waals surface area contributed by atoms with E-state index < -0.39 is 6.10 Å². The second-order valence-corrected chi connectivity index (χ2v) is 5.48. The van der Waals surface area contributed by atoms with Gasteiger partial charge >= 0.3 is 0 Å². The highest BCUT2D eigenvalue weighted by Gasteiger charge is 2.36. The summed E-state index contributed by atoms with van der Waals surface area (Å²) in [4.78, 5) is 11.5. The Morgan fingerprint density at radius 1 is 1.26 bits per heavy atom. The lowest BCUT2D eigenvalue weighted by atomic mass is 9.76. The summed E-state index contributed by atoms with van der Waals surface area (Å²) in [5.74, 6) is 1.49. The highest BCUT2D eigenvalue weighted by Crippen LogP contribution is 2.43. The Hall–Kier alpha value is -1.55. The third-order valence-corrected chi connectivity index (χ3v) is 4.33. The molecule has 102 valence electrons. The molecule has 2 heterocycles. The Bertz CT molecular complexity index is 469. The molecule has 0 bridgehead atoms. The van der Waals surface area contributed by atoms with E-state index in [4.69, 9.17) is 10.5 Å². The molecule has 1 aromatic carbocycles. The van der Waals surface area contributed by atoms with Crippen LogP contribution in [0.15, 0.2) is 24.3 Å². The van der Waals surface area contributed by atoms with Gasteiger partial charge in [-0.15, -0.1) is 0 Å². The van der Waals surface area contributed by atoms with Gasteiger partial charge in [0.1, 0.15) is 5.75 Å². The molecule has 2 unspecified atom stereocenters. The predicted molar refractivity (Wildman–Crippen MR) is 73.0 cm³/mol. The number of fused-ring (bicyclic) bond motifs is 1. The molecule has 1 saturated heterocycles. The zero-order valence-electron chi connectivity index (χ0n) is 11.0. The van der Waals surface area contributed by atoms with Crippen LogP contribution in [-0.2, 0) is 4.79 Å². The van der Waals surface area contributed by atoms with Gasteiger partial charge in [-0.05, 0) is 49.4 Å². The molecule has 4 heteroatoms. The van der Waals surface area contributed by atoms with Gasteiger partial charge in [0.25, 0.3) is 5.91 Å². The Balaban J connectivity index is 1.90. The monoisotopic (exact) mass is 260 g/mol. The average Bonchev–Trinajstić information content (AvgIpc) is 2.47. The number of primary amides is 1. The number of piperidine rings is 1. The fourth-order valence-corrected chi connectivity index (χ4v) is 3.32. The highest BCUT2D eigenvalue weighted by atomic mass is 16.5. The fourth-order valence-electron chi connectivity index (χ4n) is 3.32. The zero-order chi connectivity index (χ0) is 13.2. The first kappa shape index (κ1) is 12.5. The van der Waals surface area contributed by atoms with Crippen LogP contribution in [0.5, 0.6) is 5.75 Å². The van der Waals surface area contributed by atoms with Gasteiger partial charge in [0.15, 0.2) is 6.10 Å². The molecule has 1 aromatic rings. The average molecular weight is 260 g/mol. The molecular weight excluding hydrogens is 240 g/mol. The summed E-state index contributed by atoms with van der Waals surface area (Å²) >= 11 is 0. The first-order valence-electron chi connectivity index (χ1n) is 7.01. The Morgan fingerprint density at radius 2 is 2.00 bits per heavy atom. The summed E-state index contributed by atoms with van der Waals surface area (Å²) in [5.41, 5.74) is 6.68. The number of amides is 1. The normalized spacial score (nSPS) is 27.4. The van der Waals surface area contributed by atoms with E-state index in [1.54, 1.807) is 0 Å². The van der Waals surface area contributed by atoms with Crippen molar-refractivity contribution in [3.05, 3.63) is 29.8 Å². The molecule has 1 fully saturated rings. The van der Waals surface area contributed by atoms with Crippen LogP contribution in [0.1, 0.15) is 30.7 Å². The molecule has 0 saturated carbocycles. The number of benzene rings is 1. The molecule has 0 radical (unpaired) electrons. The molecule has 0 aromatic heterocycles. The number of para-hydroxylation sites is 1. The lowest BCUT2D eigenvalue weighted by Gasteiger charge is -2.37. The SMILES string of the molecule is NC(=O)C1CC(C2CCNCC2)c2ccccc2O1. The number of ether oxygens (including phenoxy) is 1. The quantitative estimate of drug-likeness (QED) is 0.845. The number of carbonyl (C=O) groups excluding carboxylic acids is 1. The van der Waals surface area contributed by atoms with Crippen molar-refractivity contribution in [3.63, 3.8) is 0 Å². The Labute approximate surface area is 113 Å². The van der Waals surface area contributed by atoms with Crippen molar-refractivity contribution in [2.24, 2.45) is 11.7 Å². The van der Waals surface area contributed by atoms with Crippen molar-refractivity contribution < 1.29 is 9.53 Å². The molecule has 3 rings (SSSR count). The number of rotatable bonds is 2. The lowest BCUT2D eigenvalue weighted by molar-refractivity contribution is -0.125. The molecule has 2 aliphatic rings. The van der Waals surface area contributed by atoms with Gasteiger partial charge in [0.2, 0.25) is 0 Å². The molecule has 2 aliphatic heterocycles. The zero-order valence-corrected chi connectivity index (χ0v) is 11.0. The third kappa shape index (κ3) is 2.45. The van der Waals surface area contributed by atoms with E-state index in [2.05, 4.69) is 11.4 Å². The van der Waals surface area contributed by atoms with Gasteiger partial charge in [-0.25, -0.2) is 0 Å². The van der Waals surface area contributed by atoms with Crippen molar-refractivity contribution in [1.29, 1.82) is 0 Å². The molecule has 4 nitrogen and oxygen atoms in total. The van der Waals surface area contributed by atoms with Crippen LogP contribution < -0.4 is 15.8 Å². The van der Waals surface area contributed by atoms with Gasteiger partial charge in [0, 0.05) is 6.42 Å². The maximum absolute atomic E-state index is 11.5. The molecule has 2 atom stereocenters. The Kier molecular flexibility index (Phi) is 3.42. The van der Waals surface area contributed by atoms with Crippen LogP contribution >= 0.6 is 0 Å². The van der Waals surface area contributed by atoms with Gasteiger partial charge in [-0.3, -0.25) is 4.79 Å². The van der Waals surface area contributed by atoms with Crippen LogP contribution in [0.3, 0.4) is 0 Å². The summed E-state index contributed by atoms with van der Waals surface area (Å²) < 4.78 is 5.72. The number of nitrogens with two attached hydrogens (primary N) is 1. The van der Waals surface area contributed by atoms with Gasteiger partial charge in [0.05, 0.1) is 0 Å². The van der Waals surface area contributed by atoms with Crippen LogP contribution in [-0.4, -0.2) is 25.1 Å². The van der Waals surface area contributed by atoms with E-state index >= 15 is 0 Å². The number of nitrogens with one attached hydrogen (secondary N) is 1. The van der Waals surface area contributed by atoms with E-state index in [1.165, 1.54) is 5.56 Å². The third-order valence-electron chi connectivity index (χ3n) is 4.33. The number of hydrogen-bond donors (Lipinski definition) is 2. The summed E-state index contributed by atoms with van der Waals surface area (Å²) in [7, 11) is 0. The first-order chi connectivity index (χ1) is 9.25. The molecule has 3 N–H and O–H groups in total. The standard InChI is InChI=1S/C15H20N2O2/c16-15(18)14-9-12(10-5-7-17-8-6-10)11-3-1-2-4-13(11)19-14/h1-4,10,12,14,17H,5-9H2,(H2,16,18). The van der Waals surface area contributed by atoms with Crippen molar-refractivity contribution in [2.45, 2.75) is 31.3 Å². The van der Waals surface area contributed by atoms with E-state index in [0.717, 1.165) is 38.1 Å². The fraction of sp³-hybridized carbons (Fsp3) is 0.533. The topological polar surface area (TPSA) is 64.4 Å². The molecule has 1 amide bonds. The van der Waals surface area contributed by atoms with Gasteiger partial charge < -0.3 is 15.8 Å². The smallest absolute Gasteiger partial charge is 0.258 e. The highest BCUT2D eigenvalue weighted by molar-refractivity contribution is 5.79. The van der Waals surface area contributed by atoms with E-state index in [1.807, 2.05) is 18.2 Å². The minimum absolute atomic E-state index is 0.353. The van der Waals surface area contributed by atoms with Crippen molar-refractivity contribution in [2.75, 3.05) is 13.1 Å². The second-order valence-electron chi connectivity index (χ2n) is 5.48. The van der Waals surface area contributed by atoms with Crippen molar-refractivity contribution >= 4 is 5.91 Å². The number of hydrogen-bond acceptors (Lipinski definition) is 3. The summed E-state index contributed by atoms with van der Waals surface area (Å²) in [6, 6.07) is 8.06. The van der Waals surface area contributed by atoms with Crippen molar-refractivity contribution in [1.82, 2.24) is 5.32 Å². The van der Waals surface area contributed by atoms with E-state index in [9.17, 15) is 4.79 Å². The van der Waals surface area contributed by atoms with E-state index in [0.29, 0.717) is 11.8 Å². The molecule has 0 spiro atoms. The largest absolute Gasteiger partial charge is 0.480 e. The minimum atomic E-state index is -0.477. The number of carbonyl (C=O) groups is 1. The van der Waals surface area contributed by atoms with Crippen LogP contribution in [0.25, 0.3) is 0 Å². The van der Waals surface area contributed by atoms with E-state index in [-0.39, 0.29) is 5.91 Å². The minimum Gasteiger partial charge on any atom is -0.480 e. The summed E-state index contributed by atoms with van der Waals surface area (Å²) in [6.45, 7) is 2.12. The molecular formula is C15H20N2O2. The predicted octanol–water partition coefficient (Wildman–Crippen LogP) is 1.41. The maximum Gasteiger partial charge on any atom is 0.258 e. The second kappa shape index (κ2) is 5.21.